The standard InChI is InChI=1S/C12H17NS/c1-9(13)8-11-5-2-4-10-6-3-7-14-12(10)11/h2,4-5,9H,3,6-8,13H2,1H3. The molecular formula is C12H17NS. The molecule has 1 unspecified atom stereocenters. The van der Waals surface area contributed by atoms with Crippen molar-refractivity contribution in [1.82, 2.24) is 0 Å². The Morgan fingerprint density at radius 3 is 3.14 bits per heavy atom. The van der Waals surface area contributed by atoms with Crippen LogP contribution in [0.25, 0.3) is 0 Å². The summed E-state index contributed by atoms with van der Waals surface area (Å²) in [5.41, 5.74) is 8.82. The van der Waals surface area contributed by atoms with Gasteiger partial charge in [0, 0.05) is 10.9 Å². The van der Waals surface area contributed by atoms with Gasteiger partial charge >= 0.3 is 0 Å². The lowest BCUT2D eigenvalue weighted by Crippen LogP contribution is -2.18. The highest BCUT2D eigenvalue weighted by Crippen LogP contribution is 2.33. The SMILES string of the molecule is CC(N)Cc1cccc2c1SCCC2. The summed E-state index contributed by atoms with van der Waals surface area (Å²) in [6.07, 6.45) is 3.57. The number of thioether (sulfide) groups is 1. The predicted octanol–water partition coefficient (Wildman–Crippen LogP) is 2.61. The fraction of sp³-hybridized carbons (Fsp3) is 0.500. The molecule has 1 nitrogen and oxygen atoms in total. The third kappa shape index (κ3) is 2.12. The maximum absolute atomic E-state index is 5.85. The lowest BCUT2D eigenvalue weighted by Gasteiger charge is -2.19. The Bertz CT molecular complexity index is 320. The minimum Gasteiger partial charge on any atom is -0.328 e. The first-order valence-electron chi connectivity index (χ1n) is 5.26. The second-order valence-electron chi connectivity index (χ2n) is 4.04. The van der Waals surface area contributed by atoms with Crippen LogP contribution in [0.1, 0.15) is 24.5 Å². The van der Waals surface area contributed by atoms with Gasteiger partial charge in [-0.15, -0.1) is 11.8 Å². The van der Waals surface area contributed by atoms with Gasteiger partial charge in [-0.05, 0) is 43.1 Å². The van der Waals surface area contributed by atoms with E-state index >= 15 is 0 Å². The van der Waals surface area contributed by atoms with Gasteiger partial charge < -0.3 is 5.73 Å². The van der Waals surface area contributed by atoms with Crippen LogP contribution in [-0.4, -0.2) is 11.8 Å². The van der Waals surface area contributed by atoms with Gasteiger partial charge in [-0.25, -0.2) is 0 Å². The zero-order valence-corrected chi connectivity index (χ0v) is 9.44. The first-order chi connectivity index (χ1) is 6.77. The summed E-state index contributed by atoms with van der Waals surface area (Å²) in [5, 5.41) is 0. The van der Waals surface area contributed by atoms with Gasteiger partial charge in [0.25, 0.3) is 0 Å². The van der Waals surface area contributed by atoms with Crippen molar-refractivity contribution in [3.8, 4) is 0 Å². The number of hydrogen-bond acceptors (Lipinski definition) is 2. The summed E-state index contributed by atoms with van der Waals surface area (Å²) in [6.45, 7) is 2.08. The van der Waals surface area contributed by atoms with E-state index in [-0.39, 0.29) is 6.04 Å². The molecule has 1 heterocycles. The van der Waals surface area contributed by atoms with Gasteiger partial charge in [-0.1, -0.05) is 18.2 Å². The molecule has 14 heavy (non-hydrogen) atoms. The summed E-state index contributed by atoms with van der Waals surface area (Å²) in [7, 11) is 0. The molecule has 0 fully saturated rings. The zero-order valence-electron chi connectivity index (χ0n) is 8.62. The van der Waals surface area contributed by atoms with Crippen molar-refractivity contribution in [2.45, 2.75) is 37.1 Å². The number of fused-ring (bicyclic) bond motifs is 1. The maximum Gasteiger partial charge on any atom is 0.0137 e. The number of aryl methyl sites for hydroxylation is 1. The van der Waals surface area contributed by atoms with Crippen LogP contribution in [0.15, 0.2) is 23.1 Å². The molecule has 1 aromatic carbocycles. The molecule has 0 spiro atoms. The van der Waals surface area contributed by atoms with Crippen LogP contribution in [0.5, 0.6) is 0 Å². The van der Waals surface area contributed by atoms with Crippen molar-refractivity contribution in [2.24, 2.45) is 5.73 Å². The quantitative estimate of drug-likeness (QED) is 0.806. The van der Waals surface area contributed by atoms with E-state index in [2.05, 4.69) is 25.1 Å². The molecule has 1 aromatic rings. The van der Waals surface area contributed by atoms with E-state index in [0.29, 0.717) is 0 Å². The van der Waals surface area contributed by atoms with E-state index in [1.165, 1.54) is 34.6 Å². The normalized spacial score (nSPS) is 17.6. The van der Waals surface area contributed by atoms with Crippen LogP contribution >= 0.6 is 11.8 Å². The molecule has 1 aliphatic heterocycles. The average molecular weight is 207 g/mol. The summed E-state index contributed by atoms with van der Waals surface area (Å²) in [6, 6.07) is 6.92. The molecule has 0 amide bonds. The van der Waals surface area contributed by atoms with Crippen LogP contribution < -0.4 is 5.73 Å². The molecule has 1 aliphatic rings. The average Bonchev–Trinajstić information content (AvgIpc) is 2.18. The second kappa shape index (κ2) is 4.37. The van der Waals surface area contributed by atoms with E-state index in [9.17, 15) is 0 Å². The van der Waals surface area contributed by atoms with E-state index in [4.69, 9.17) is 5.73 Å². The van der Waals surface area contributed by atoms with E-state index in [1.807, 2.05) is 11.8 Å². The van der Waals surface area contributed by atoms with Crippen LogP contribution in [-0.2, 0) is 12.8 Å². The van der Waals surface area contributed by atoms with Gasteiger partial charge in [0.2, 0.25) is 0 Å². The first kappa shape index (κ1) is 10.1. The molecule has 2 N–H and O–H groups in total. The van der Waals surface area contributed by atoms with Gasteiger partial charge in [0.15, 0.2) is 0 Å². The molecule has 0 saturated heterocycles. The molecule has 0 saturated carbocycles. The Balaban J connectivity index is 2.30. The molecule has 0 bridgehead atoms. The summed E-state index contributed by atoms with van der Waals surface area (Å²) >= 11 is 2.00. The summed E-state index contributed by atoms with van der Waals surface area (Å²) in [5.74, 6) is 1.27. The third-order valence-electron chi connectivity index (χ3n) is 2.56. The van der Waals surface area contributed by atoms with Crippen molar-refractivity contribution >= 4 is 11.8 Å². The number of hydrogen-bond donors (Lipinski definition) is 1. The van der Waals surface area contributed by atoms with E-state index in [0.717, 1.165) is 6.42 Å². The topological polar surface area (TPSA) is 26.0 Å². The number of benzene rings is 1. The molecule has 1 atom stereocenters. The molecule has 0 aromatic heterocycles. The Hall–Kier alpha value is -0.470. The van der Waals surface area contributed by atoms with Crippen molar-refractivity contribution < 1.29 is 0 Å². The van der Waals surface area contributed by atoms with Gasteiger partial charge in [0.05, 0.1) is 0 Å². The van der Waals surface area contributed by atoms with Crippen molar-refractivity contribution in [3.05, 3.63) is 29.3 Å². The minimum atomic E-state index is 0.268. The van der Waals surface area contributed by atoms with Crippen molar-refractivity contribution in [1.29, 1.82) is 0 Å². The first-order valence-corrected chi connectivity index (χ1v) is 6.25. The van der Waals surface area contributed by atoms with Crippen LogP contribution in [0.3, 0.4) is 0 Å². The number of rotatable bonds is 2. The lowest BCUT2D eigenvalue weighted by atomic mass is 10.0. The van der Waals surface area contributed by atoms with Crippen LogP contribution in [0.2, 0.25) is 0 Å². The summed E-state index contributed by atoms with van der Waals surface area (Å²) in [4.78, 5) is 1.51. The predicted molar refractivity (Wildman–Crippen MR) is 62.8 cm³/mol. The van der Waals surface area contributed by atoms with Crippen molar-refractivity contribution in [3.63, 3.8) is 0 Å². The molecule has 76 valence electrons. The largest absolute Gasteiger partial charge is 0.328 e. The van der Waals surface area contributed by atoms with E-state index < -0.39 is 0 Å². The molecule has 2 rings (SSSR count). The Morgan fingerprint density at radius 1 is 1.50 bits per heavy atom. The minimum absolute atomic E-state index is 0.268. The van der Waals surface area contributed by atoms with Gasteiger partial charge in [-0.2, -0.15) is 0 Å². The highest BCUT2D eigenvalue weighted by molar-refractivity contribution is 7.99. The van der Waals surface area contributed by atoms with Gasteiger partial charge in [-0.3, -0.25) is 0 Å². The lowest BCUT2D eigenvalue weighted by molar-refractivity contribution is 0.723. The molecule has 0 aliphatic carbocycles. The monoisotopic (exact) mass is 207 g/mol. The fourth-order valence-electron chi connectivity index (χ4n) is 1.96. The molecule has 2 heteroatoms. The van der Waals surface area contributed by atoms with Crippen LogP contribution in [0.4, 0.5) is 0 Å². The Morgan fingerprint density at radius 2 is 2.36 bits per heavy atom. The zero-order chi connectivity index (χ0) is 9.97. The Kier molecular flexibility index (Phi) is 3.14. The molecule has 0 radical (unpaired) electrons. The Labute approximate surface area is 90.1 Å². The van der Waals surface area contributed by atoms with Crippen molar-refractivity contribution in [2.75, 3.05) is 5.75 Å². The third-order valence-corrected chi connectivity index (χ3v) is 3.86. The summed E-state index contributed by atoms with van der Waals surface area (Å²) < 4.78 is 0. The fourth-order valence-corrected chi connectivity index (χ4v) is 3.15. The van der Waals surface area contributed by atoms with E-state index in [1.54, 1.807) is 0 Å². The van der Waals surface area contributed by atoms with Gasteiger partial charge in [0.1, 0.15) is 0 Å². The highest BCUT2D eigenvalue weighted by atomic mass is 32.2. The smallest absolute Gasteiger partial charge is 0.0137 e. The number of nitrogens with two attached hydrogens (primary N) is 1. The molecular weight excluding hydrogens is 190 g/mol. The van der Waals surface area contributed by atoms with Crippen LogP contribution in [0, 0.1) is 0 Å². The maximum atomic E-state index is 5.85. The second-order valence-corrected chi connectivity index (χ2v) is 5.14. The highest BCUT2D eigenvalue weighted by Gasteiger charge is 2.13.